The third-order valence-electron chi connectivity index (χ3n) is 5.61. The quantitative estimate of drug-likeness (QED) is 0.455. The van der Waals surface area contributed by atoms with Crippen LogP contribution in [0.25, 0.3) is 0 Å². The number of methoxy groups -OCH3 is 1. The molecule has 0 aliphatic carbocycles. The molecule has 8 heteroatoms. The highest BCUT2D eigenvalue weighted by Gasteiger charge is 2.20. The van der Waals surface area contributed by atoms with Crippen molar-refractivity contribution in [1.29, 1.82) is 0 Å². The zero-order chi connectivity index (χ0) is 24.7. The Bertz CT molecular complexity index is 1220. The molecular formula is C26H31N3O4S. The number of ether oxygens (including phenoxy) is 1. The van der Waals surface area contributed by atoms with Crippen LogP contribution < -0.4 is 14.8 Å². The summed E-state index contributed by atoms with van der Waals surface area (Å²) in [5.41, 5.74) is 2.94. The molecule has 0 aliphatic rings. The maximum atomic E-state index is 12.9. The molecule has 0 saturated carbocycles. The monoisotopic (exact) mass is 481 g/mol. The van der Waals surface area contributed by atoms with E-state index >= 15 is 0 Å². The van der Waals surface area contributed by atoms with Crippen LogP contribution in [0, 0.1) is 0 Å². The molecule has 0 bridgehead atoms. The van der Waals surface area contributed by atoms with Crippen molar-refractivity contribution < 1.29 is 17.9 Å². The van der Waals surface area contributed by atoms with Gasteiger partial charge < -0.3 is 15.0 Å². The number of benzene rings is 3. The number of hydrogen-bond donors (Lipinski definition) is 2. The van der Waals surface area contributed by atoms with E-state index in [0.29, 0.717) is 18.0 Å². The highest BCUT2D eigenvalue weighted by atomic mass is 32.2. The Morgan fingerprint density at radius 3 is 2.35 bits per heavy atom. The van der Waals surface area contributed by atoms with Gasteiger partial charge in [0.05, 0.1) is 23.7 Å². The molecule has 34 heavy (non-hydrogen) atoms. The van der Waals surface area contributed by atoms with Gasteiger partial charge in [0.2, 0.25) is 0 Å². The molecule has 0 heterocycles. The second-order valence-electron chi connectivity index (χ2n) is 8.12. The Balaban J connectivity index is 1.74. The van der Waals surface area contributed by atoms with E-state index in [2.05, 4.69) is 41.2 Å². The number of sulfonamides is 1. The molecule has 0 saturated heterocycles. The number of para-hydroxylation sites is 2. The number of amides is 1. The van der Waals surface area contributed by atoms with Gasteiger partial charge in [0.15, 0.2) is 0 Å². The molecule has 1 amide bonds. The third kappa shape index (κ3) is 6.15. The number of anilines is 1. The van der Waals surface area contributed by atoms with Crippen LogP contribution in [-0.2, 0) is 16.4 Å². The lowest BCUT2D eigenvalue weighted by Gasteiger charge is -2.25. The van der Waals surface area contributed by atoms with E-state index in [1.807, 2.05) is 19.0 Å². The van der Waals surface area contributed by atoms with E-state index in [1.165, 1.54) is 24.8 Å². The minimum absolute atomic E-state index is 0.00892. The lowest BCUT2D eigenvalue weighted by molar-refractivity contribution is 0.0941. The second kappa shape index (κ2) is 11.2. The predicted octanol–water partition coefficient (Wildman–Crippen LogP) is 4.09. The number of aryl methyl sites for hydroxylation is 1. The van der Waals surface area contributed by atoms with Crippen LogP contribution in [0.2, 0.25) is 0 Å². The van der Waals surface area contributed by atoms with Crippen molar-refractivity contribution in [2.45, 2.75) is 24.3 Å². The molecule has 0 aromatic heterocycles. The molecule has 180 valence electrons. The molecular weight excluding hydrogens is 450 g/mol. The van der Waals surface area contributed by atoms with Crippen LogP contribution in [0.1, 0.15) is 34.5 Å². The summed E-state index contributed by atoms with van der Waals surface area (Å²) in [4.78, 5) is 14.9. The molecule has 2 N–H and O–H groups in total. The summed E-state index contributed by atoms with van der Waals surface area (Å²) in [6.07, 6.45) is 0.967. The van der Waals surface area contributed by atoms with E-state index in [1.54, 1.807) is 36.4 Å². The summed E-state index contributed by atoms with van der Waals surface area (Å²) in [6, 6.07) is 21.0. The maximum Gasteiger partial charge on any atom is 0.262 e. The standard InChI is InChI=1S/C26H31N3O4S/c1-5-19-13-15-20(16-14-19)24(29(2)3)18-27-26(30)21-9-8-10-22(17-21)34(31,32)28-23-11-6-7-12-25(23)33-4/h6-17,24,28H,5,18H2,1-4H3,(H,27,30)/t24-/m1/s1. The Morgan fingerprint density at radius 2 is 1.71 bits per heavy atom. The first-order valence-corrected chi connectivity index (χ1v) is 12.5. The van der Waals surface area contributed by atoms with E-state index in [9.17, 15) is 13.2 Å². The molecule has 3 aromatic rings. The average molecular weight is 482 g/mol. The van der Waals surface area contributed by atoms with Gasteiger partial charge in [-0.2, -0.15) is 0 Å². The molecule has 0 aliphatic heterocycles. The van der Waals surface area contributed by atoms with E-state index in [4.69, 9.17) is 4.74 Å². The van der Waals surface area contributed by atoms with Crippen molar-refractivity contribution >= 4 is 21.6 Å². The summed E-state index contributed by atoms with van der Waals surface area (Å²) in [5.74, 6) is 0.0630. The number of hydrogen-bond acceptors (Lipinski definition) is 5. The third-order valence-corrected chi connectivity index (χ3v) is 6.97. The number of nitrogens with zero attached hydrogens (tertiary/aromatic N) is 1. The fraction of sp³-hybridized carbons (Fsp3) is 0.269. The largest absolute Gasteiger partial charge is 0.495 e. The first-order valence-electron chi connectivity index (χ1n) is 11.0. The lowest BCUT2D eigenvalue weighted by atomic mass is 10.0. The van der Waals surface area contributed by atoms with Crippen LogP contribution >= 0.6 is 0 Å². The fourth-order valence-electron chi connectivity index (χ4n) is 3.60. The van der Waals surface area contributed by atoms with Gasteiger partial charge in [-0.25, -0.2) is 8.42 Å². The highest BCUT2D eigenvalue weighted by molar-refractivity contribution is 7.92. The van der Waals surface area contributed by atoms with Gasteiger partial charge >= 0.3 is 0 Å². The maximum absolute atomic E-state index is 12.9. The minimum Gasteiger partial charge on any atom is -0.495 e. The summed E-state index contributed by atoms with van der Waals surface area (Å²) >= 11 is 0. The van der Waals surface area contributed by atoms with Crippen LogP contribution in [-0.4, -0.2) is 47.0 Å². The Hall–Kier alpha value is -3.36. The van der Waals surface area contributed by atoms with Gasteiger partial charge in [0.25, 0.3) is 15.9 Å². The minimum atomic E-state index is -3.91. The number of nitrogens with one attached hydrogen (secondary N) is 2. The number of rotatable bonds is 10. The van der Waals surface area contributed by atoms with Crippen molar-refractivity contribution in [2.24, 2.45) is 0 Å². The van der Waals surface area contributed by atoms with Gasteiger partial charge in [0.1, 0.15) is 5.75 Å². The molecule has 3 rings (SSSR count). The summed E-state index contributed by atoms with van der Waals surface area (Å²) in [7, 11) is 1.47. The first kappa shape index (κ1) is 25.3. The smallest absolute Gasteiger partial charge is 0.262 e. The Kier molecular flexibility index (Phi) is 8.31. The molecule has 0 fully saturated rings. The Labute approximate surface area is 201 Å². The molecule has 0 spiro atoms. The highest BCUT2D eigenvalue weighted by Crippen LogP contribution is 2.26. The normalized spacial score (nSPS) is 12.3. The van der Waals surface area contributed by atoms with Crippen LogP contribution in [0.3, 0.4) is 0 Å². The topological polar surface area (TPSA) is 87.7 Å². The average Bonchev–Trinajstić information content (AvgIpc) is 2.84. The Morgan fingerprint density at radius 1 is 1.00 bits per heavy atom. The van der Waals surface area contributed by atoms with Crippen molar-refractivity contribution in [2.75, 3.05) is 32.5 Å². The predicted molar refractivity (Wildman–Crippen MR) is 135 cm³/mol. The molecule has 0 radical (unpaired) electrons. The lowest BCUT2D eigenvalue weighted by Crippen LogP contribution is -2.34. The van der Waals surface area contributed by atoms with Crippen molar-refractivity contribution in [3.8, 4) is 5.75 Å². The van der Waals surface area contributed by atoms with Crippen molar-refractivity contribution in [1.82, 2.24) is 10.2 Å². The van der Waals surface area contributed by atoms with Gasteiger partial charge in [-0.05, 0) is 62.0 Å². The van der Waals surface area contributed by atoms with Gasteiger partial charge in [0, 0.05) is 12.1 Å². The van der Waals surface area contributed by atoms with Gasteiger partial charge in [-0.3, -0.25) is 9.52 Å². The van der Waals surface area contributed by atoms with Crippen LogP contribution in [0.5, 0.6) is 5.75 Å². The van der Waals surface area contributed by atoms with E-state index in [-0.39, 0.29) is 22.4 Å². The van der Waals surface area contributed by atoms with Gasteiger partial charge in [-0.15, -0.1) is 0 Å². The second-order valence-corrected chi connectivity index (χ2v) is 9.80. The van der Waals surface area contributed by atoms with Crippen molar-refractivity contribution in [3.63, 3.8) is 0 Å². The van der Waals surface area contributed by atoms with Gasteiger partial charge in [-0.1, -0.05) is 49.4 Å². The fourth-order valence-corrected chi connectivity index (χ4v) is 4.72. The van der Waals surface area contributed by atoms with Crippen LogP contribution in [0.15, 0.2) is 77.7 Å². The molecule has 0 unspecified atom stereocenters. The SMILES string of the molecule is CCc1ccc([C@@H](CNC(=O)c2cccc(S(=O)(=O)Nc3ccccc3OC)c2)N(C)C)cc1. The number of likely N-dealkylation sites (N-methyl/N-ethyl adjacent to an activating group) is 1. The van der Waals surface area contributed by atoms with Crippen LogP contribution in [0.4, 0.5) is 5.69 Å². The van der Waals surface area contributed by atoms with Crippen molar-refractivity contribution in [3.05, 3.63) is 89.5 Å². The number of carbonyl (C=O) groups excluding carboxylic acids is 1. The first-order chi connectivity index (χ1) is 16.2. The zero-order valence-corrected chi connectivity index (χ0v) is 20.7. The molecule has 3 aromatic carbocycles. The van der Waals surface area contributed by atoms with E-state index < -0.39 is 10.0 Å². The summed E-state index contributed by atoms with van der Waals surface area (Å²) in [5, 5.41) is 2.94. The molecule has 7 nitrogen and oxygen atoms in total. The molecule has 1 atom stereocenters. The van der Waals surface area contributed by atoms with E-state index in [0.717, 1.165) is 12.0 Å². The number of carbonyl (C=O) groups is 1. The summed E-state index contributed by atoms with van der Waals surface area (Å²) < 4.78 is 33.6. The zero-order valence-electron chi connectivity index (χ0n) is 19.9. The summed E-state index contributed by atoms with van der Waals surface area (Å²) in [6.45, 7) is 2.49.